The van der Waals surface area contributed by atoms with Crippen molar-refractivity contribution >= 4 is 23.7 Å². The first-order valence-corrected chi connectivity index (χ1v) is 5.36. The number of hydrogen-bond acceptors (Lipinski definition) is 3. The third-order valence-corrected chi connectivity index (χ3v) is 3.37. The van der Waals surface area contributed by atoms with Crippen LogP contribution >= 0.6 is 23.7 Å². The van der Waals surface area contributed by atoms with Gasteiger partial charge in [-0.3, -0.25) is 0 Å². The molecule has 4 heteroatoms. The Morgan fingerprint density at radius 2 is 2.54 bits per heavy atom. The normalized spacial score (nSPS) is 20.5. The molecule has 0 radical (unpaired) electrons. The summed E-state index contributed by atoms with van der Waals surface area (Å²) in [6.45, 7) is 1.08. The Kier molecular flexibility index (Phi) is 4.16. The average molecular weight is 219 g/mol. The summed E-state index contributed by atoms with van der Waals surface area (Å²) in [5.41, 5.74) is 3.35. The summed E-state index contributed by atoms with van der Waals surface area (Å²) in [4.78, 5) is 5.95. The first kappa shape index (κ1) is 11.0. The van der Waals surface area contributed by atoms with Crippen molar-refractivity contribution in [2.75, 3.05) is 13.6 Å². The van der Waals surface area contributed by atoms with Gasteiger partial charge in [0.15, 0.2) is 0 Å². The maximum atomic E-state index is 4.44. The van der Waals surface area contributed by atoms with Gasteiger partial charge in [0.25, 0.3) is 0 Å². The second-order valence-corrected chi connectivity index (χ2v) is 4.25. The van der Waals surface area contributed by atoms with Crippen LogP contribution in [0.3, 0.4) is 0 Å². The first-order chi connectivity index (χ1) is 5.92. The van der Waals surface area contributed by atoms with Gasteiger partial charge in [0, 0.05) is 17.3 Å². The van der Waals surface area contributed by atoms with Gasteiger partial charge in [-0.15, -0.1) is 23.7 Å². The number of likely N-dealkylation sites (N-methyl/N-ethyl adjacent to an activating group) is 1. The van der Waals surface area contributed by atoms with Crippen molar-refractivity contribution in [3.63, 3.8) is 0 Å². The molecule has 1 heterocycles. The molecule has 0 saturated heterocycles. The molecule has 1 aliphatic rings. The Morgan fingerprint density at radius 1 is 1.69 bits per heavy atom. The van der Waals surface area contributed by atoms with Crippen molar-refractivity contribution in [3.8, 4) is 0 Å². The van der Waals surface area contributed by atoms with Gasteiger partial charge in [-0.1, -0.05) is 0 Å². The molecule has 2 nitrogen and oxygen atoms in total. The van der Waals surface area contributed by atoms with E-state index in [-0.39, 0.29) is 12.4 Å². The summed E-state index contributed by atoms with van der Waals surface area (Å²) in [6, 6.07) is 0. The lowest BCUT2D eigenvalue weighted by Gasteiger charge is -2.20. The van der Waals surface area contributed by atoms with Crippen molar-refractivity contribution in [1.82, 2.24) is 10.3 Å². The van der Waals surface area contributed by atoms with Crippen molar-refractivity contribution in [2.24, 2.45) is 0 Å². The summed E-state index contributed by atoms with van der Waals surface area (Å²) in [6.07, 6.45) is 3.89. The number of fused-ring (bicyclic) bond motifs is 1. The summed E-state index contributed by atoms with van der Waals surface area (Å²) in [7, 11) is 2.01. The molecular weight excluding hydrogens is 204 g/mol. The van der Waals surface area contributed by atoms with Crippen LogP contribution in [0.1, 0.15) is 29.3 Å². The Hall–Kier alpha value is -0.120. The minimum atomic E-state index is 0. The standard InChI is InChI=1S/C9H14N2S.ClH/c1-10-5-7-3-2-4-8-9(7)11-6-12-8;/h6-7,10H,2-5H2,1H3;1H. The molecule has 0 amide bonds. The van der Waals surface area contributed by atoms with E-state index in [0.717, 1.165) is 6.54 Å². The van der Waals surface area contributed by atoms with Crippen LogP contribution in [0.4, 0.5) is 0 Å². The van der Waals surface area contributed by atoms with Crippen molar-refractivity contribution in [2.45, 2.75) is 25.2 Å². The molecule has 1 unspecified atom stereocenters. The van der Waals surface area contributed by atoms with E-state index >= 15 is 0 Å². The highest BCUT2D eigenvalue weighted by Crippen LogP contribution is 2.32. The SMILES string of the molecule is CNCC1CCCc2scnc21.Cl. The second-order valence-electron chi connectivity index (χ2n) is 3.31. The van der Waals surface area contributed by atoms with Crippen LogP contribution in [-0.4, -0.2) is 18.6 Å². The van der Waals surface area contributed by atoms with Gasteiger partial charge in [-0.2, -0.15) is 0 Å². The van der Waals surface area contributed by atoms with Gasteiger partial charge in [0.2, 0.25) is 0 Å². The zero-order chi connectivity index (χ0) is 8.39. The molecule has 0 saturated carbocycles. The van der Waals surface area contributed by atoms with E-state index in [4.69, 9.17) is 0 Å². The summed E-state index contributed by atoms with van der Waals surface area (Å²) in [5.74, 6) is 0.671. The molecule has 1 aromatic rings. The van der Waals surface area contributed by atoms with Gasteiger partial charge >= 0.3 is 0 Å². The molecule has 1 aliphatic carbocycles. The lowest BCUT2D eigenvalue weighted by Crippen LogP contribution is -2.20. The Labute approximate surface area is 89.2 Å². The van der Waals surface area contributed by atoms with Crippen molar-refractivity contribution in [3.05, 3.63) is 16.1 Å². The molecule has 1 aromatic heterocycles. The highest BCUT2D eigenvalue weighted by atomic mass is 35.5. The Bertz CT molecular complexity index is 262. The number of nitrogens with zero attached hydrogens (tertiary/aromatic N) is 1. The van der Waals surface area contributed by atoms with Crippen LogP contribution in [-0.2, 0) is 6.42 Å². The van der Waals surface area contributed by atoms with Gasteiger partial charge in [0.1, 0.15) is 0 Å². The predicted molar refractivity (Wildman–Crippen MR) is 59.0 cm³/mol. The third-order valence-electron chi connectivity index (χ3n) is 2.47. The van der Waals surface area contributed by atoms with Crippen LogP contribution in [0.15, 0.2) is 5.51 Å². The topological polar surface area (TPSA) is 24.9 Å². The van der Waals surface area contributed by atoms with E-state index in [1.54, 1.807) is 0 Å². The Balaban J connectivity index is 0.000000845. The number of hydrogen-bond donors (Lipinski definition) is 1. The second kappa shape index (κ2) is 4.94. The maximum Gasteiger partial charge on any atom is 0.0797 e. The zero-order valence-corrected chi connectivity index (χ0v) is 9.38. The lowest BCUT2D eigenvalue weighted by atomic mass is 9.91. The molecular formula is C9H15ClN2S. The first-order valence-electron chi connectivity index (χ1n) is 4.48. The fourth-order valence-corrected chi connectivity index (χ4v) is 2.79. The van der Waals surface area contributed by atoms with E-state index in [0.29, 0.717) is 5.92 Å². The average Bonchev–Trinajstić information content (AvgIpc) is 2.53. The van der Waals surface area contributed by atoms with Gasteiger partial charge in [-0.25, -0.2) is 4.98 Å². The molecule has 2 rings (SSSR count). The summed E-state index contributed by atoms with van der Waals surface area (Å²) < 4.78 is 0. The van der Waals surface area contributed by atoms with E-state index in [1.807, 2.05) is 23.9 Å². The number of rotatable bonds is 2. The smallest absolute Gasteiger partial charge is 0.0797 e. The molecule has 13 heavy (non-hydrogen) atoms. The molecule has 0 bridgehead atoms. The van der Waals surface area contributed by atoms with Crippen LogP contribution in [0.5, 0.6) is 0 Å². The molecule has 74 valence electrons. The maximum absolute atomic E-state index is 4.44. The fourth-order valence-electron chi connectivity index (χ4n) is 1.89. The quantitative estimate of drug-likeness (QED) is 0.824. The molecule has 1 N–H and O–H groups in total. The van der Waals surface area contributed by atoms with E-state index in [1.165, 1.54) is 29.8 Å². The summed E-state index contributed by atoms with van der Waals surface area (Å²) in [5, 5.41) is 3.23. The number of halogens is 1. The number of thiazole rings is 1. The lowest BCUT2D eigenvalue weighted by molar-refractivity contribution is 0.522. The van der Waals surface area contributed by atoms with E-state index in [2.05, 4.69) is 10.3 Å². The minimum absolute atomic E-state index is 0. The van der Waals surface area contributed by atoms with Crippen molar-refractivity contribution < 1.29 is 0 Å². The fraction of sp³-hybridized carbons (Fsp3) is 0.667. The molecule has 0 spiro atoms. The molecule has 0 aromatic carbocycles. The van der Waals surface area contributed by atoms with Gasteiger partial charge in [0.05, 0.1) is 11.2 Å². The number of aryl methyl sites for hydroxylation is 1. The largest absolute Gasteiger partial charge is 0.319 e. The minimum Gasteiger partial charge on any atom is -0.319 e. The third kappa shape index (κ3) is 2.22. The van der Waals surface area contributed by atoms with E-state index in [9.17, 15) is 0 Å². The number of nitrogens with one attached hydrogen (secondary N) is 1. The molecule has 0 fully saturated rings. The van der Waals surface area contributed by atoms with Crippen LogP contribution in [0, 0.1) is 0 Å². The van der Waals surface area contributed by atoms with Crippen LogP contribution in [0.25, 0.3) is 0 Å². The highest BCUT2D eigenvalue weighted by Gasteiger charge is 2.21. The number of aromatic nitrogens is 1. The van der Waals surface area contributed by atoms with Crippen LogP contribution in [0.2, 0.25) is 0 Å². The van der Waals surface area contributed by atoms with Gasteiger partial charge in [-0.05, 0) is 26.3 Å². The molecule has 0 aliphatic heterocycles. The molecule has 1 atom stereocenters. The van der Waals surface area contributed by atoms with Gasteiger partial charge < -0.3 is 5.32 Å². The Morgan fingerprint density at radius 3 is 3.31 bits per heavy atom. The predicted octanol–water partition coefficient (Wildman–Crippen LogP) is 2.20. The van der Waals surface area contributed by atoms with Crippen LogP contribution < -0.4 is 5.32 Å². The van der Waals surface area contributed by atoms with E-state index < -0.39 is 0 Å². The highest BCUT2D eigenvalue weighted by molar-refractivity contribution is 7.09. The van der Waals surface area contributed by atoms with Crippen molar-refractivity contribution in [1.29, 1.82) is 0 Å². The zero-order valence-electron chi connectivity index (χ0n) is 7.75. The monoisotopic (exact) mass is 218 g/mol. The summed E-state index contributed by atoms with van der Waals surface area (Å²) >= 11 is 1.82.